The van der Waals surface area contributed by atoms with Gasteiger partial charge in [-0.2, -0.15) is 17.0 Å². The predicted octanol–water partition coefficient (Wildman–Crippen LogP) is 2.99. The first-order valence-electron chi connectivity index (χ1n) is 5.24. The summed E-state index contributed by atoms with van der Waals surface area (Å²) in [7, 11) is 0. The van der Waals surface area contributed by atoms with Crippen LogP contribution in [0.2, 0.25) is 0 Å². The van der Waals surface area contributed by atoms with E-state index < -0.39 is 11.4 Å². The highest BCUT2D eigenvalue weighted by atomic mass is 79.9. The Morgan fingerprint density at radius 1 is 1.61 bits per heavy atom. The minimum Gasteiger partial charge on any atom is -0.387 e. The van der Waals surface area contributed by atoms with Crippen LogP contribution in [-0.2, 0) is 0 Å². The molecule has 0 saturated heterocycles. The zero-order valence-corrected chi connectivity index (χ0v) is 12.5. The van der Waals surface area contributed by atoms with Crippen LogP contribution in [0.25, 0.3) is 0 Å². The Bertz CT molecular complexity index is 474. The van der Waals surface area contributed by atoms with Crippen molar-refractivity contribution in [3.8, 4) is 6.07 Å². The van der Waals surface area contributed by atoms with E-state index in [9.17, 15) is 9.50 Å². The van der Waals surface area contributed by atoms with Gasteiger partial charge in [-0.05, 0) is 41.2 Å². The zero-order chi connectivity index (χ0) is 13.8. The molecule has 0 aliphatic carbocycles. The molecule has 1 rings (SSSR count). The summed E-state index contributed by atoms with van der Waals surface area (Å²) in [6, 6.07) is 4.91. The summed E-state index contributed by atoms with van der Waals surface area (Å²) in [6.45, 7) is 1.93. The largest absolute Gasteiger partial charge is 0.387 e. The third kappa shape index (κ3) is 3.87. The van der Waals surface area contributed by atoms with Gasteiger partial charge in [0.1, 0.15) is 6.07 Å². The maximum absolute atomic E-state index is 13.9. The van der Waals surface area contributed by atoms with Crippen LogP contribution in [0.4, 0.5) is 10.1 Å². The molecule has 1 aromatic carbocycles. The van der Waals surface area contributed by atoms with Crippen LogP contribution < -0.4 is 5.32 Å². The molecule has 0 aliphatic rings. The van der Waals surface area contributed by atoms with Gasteiger partial charge in [-0.1, -0.05) is 0 Å². The van der Waals surface area contributed by atoms with Gasteiger partial charge in [0.2, 0.25) is 0 Å². The maximum atomic E-state index is 13.9. The Hall–Kier alpha value is -0.770. The molecule has 0 bridgehead atoms. The molecule has 2 N–H and O–H groups in total. The first-order chi connectivity index (χ1) is 8.41. The van der Waals surface area contributed by atoms with E-state index in [1.165, 1.54) is 23.9 Å². The molecular formula is C12H14BrFN2OS. The number of halogens is 2. The lowest BCUT2D eigenvalue weighted by Gasteiger charge is -2.23. The topological polar surface area (TPSA) is 56.0 Å². The molecule has 0 amide bonds. The van der Waals surface area contributed by atoms with E-state index in [-0.39, 0.29) is 22.3 Å². The zero-order valence-electron chi connectivity index (χ0n) is 10.1. The molecule has 0 aliphatic heterocycles. The Labute approximate surface area is 119 Å². The minimum absolute atomic E-state index is 0.138. The van der Waals surface area contributed by atoms with Gasteiger partial charge in [0.15, 0.2) is 5.82 Å². The van der Waals surface area contributed by atoms with Crippen LogP contribution in [0.1, 0.15) is 12.5 Å². The number of benzene rings is 1. The summed E-state index contributed by atoms with van der Waals surface area (Å²) in [5, 5.41) is 21.6. The monoisotopic (exact) mass is 332 g/mol. The second-order valence-electron chi connectivity index (χ2n) is 4.18. The number of anilines is 1. The van der Waals surface area contributed by atoms with Crippen molar-refractivity contribution < 1.29 is 9.50 Å². The summed E-state index contributed by atoms with van der Waals surface area (Å²) in [5.74, 6) is 0.0352. The number of rotatable bonds is 5. The van der Waals surface area contributed by atoms with E-state index in [1.54, 1.807) is 6.92 Å². The maximum Gasteiger partial charge on any atom is 0.161 e. The molecule has 0 fully saturated rings. The molecule has 1 atom stereocenters. The van der Waals surface area contributed by atoms with Crippen molar-refractivity contribution >= 4 is 33.4 Å². The highest BCUT2D eigenvalue weighted by Crippen LogP contribution is 2.27. The second-order valence-corrected chi connectivity index (χ2v) is 5.84. The average molecular weight is 333 g/mol. The number of aliphatic hydroxyl groups is 1. The average Bonchev–Trinajstić information content (AvgIpc) is 2.31. The third-order valence-electron chi connectivity index (χ3n) is 2.32. The Kier molecular flexibility index (Phi) is 5.45. The van der Waals surface area contributed by atoms with Gasteiger partial charge in [0.25, 0.3) is 0 Å². The summed E-state index contributed by atoms with van der Waals surface area (Å²) in [4.78, 5) is 0. The van der Waals surface area contributed by atoms with E-state index in [4.69, 9.17) is 5.26 Å². The highest BCUT2D eigenvalue weighted by Gasteiger charge is 2.20. The van der Waals surface area contributed by atoms with E-state index in [0.29, 0.717) is 5.75 Å². The second kappa shape index (κ2) is 6.41. The number of nitrogens with zero attached hydrogens (tertiary/aromatic N) is 1. The highest BCUT2D eigenvalue weighted by molar-refractivity contribution is 9.10. The van der Waals surface area contributed by atoms with Crippen LogP contribution in [0, 0.1) is 17.1 Å². The van der Waals surface area contributed by atoms with Crippen LogP contribution in [0.3, 0.4) is 0 Å². The molecule has 18 heavy (non-hydrogen) atoms. The van der Waals surface area contributed by atoms with Crippen molar-refractivity contribution in [1.82, 2.24) is 0 Å². The lowest BCUT2D eigenvalue weighted by atomic mass is 10.1. The van der Waals surface area contributed by atoms with Crippen molar-refractivity contribution in [3.05, 3.63) is 28.0 Å². The van der Waals surface area contributed by atoms with Crippen molar-refractivity contribution in [1.29, 1.82) is 5.26 Å². The van der Waals surface area contributed by atoms with E-state index in [1.807, 2.05) is 12.3 Å². The fourth-order valence-electron chi connectivity index (χ4n) is 1.42. The summed E-state index contributed by atoms with van der Waals surface area (Å²) in [6.07, 6.45) is 1.90. The van der Waals surface area contributed by atoms with Crippen LogP contribution in [-0.4, -0.2) is 29.3 Å². The number of hydrogen-bond acceptors (Lipinski definition) is 4. The lowest BCUT2D eigenvalue weighted by Crippen LogP contribution is -2.36. The number of nitrogens with one attached hydrogen (secondary N) is 1. The van der Waals surface area contributed by atoms with Crippen molar-refractivity contribution in [2.75, 3.05) is 23.9 Å². The molecule has 1 unspecified atom stereocenters. The van der Waals surface area contributed by atoms with Crippen LogP contribution >= 0.6 is 27.7 Å². The molecule has 1 aromatic rings. The van der Waals surface area contributed by atoms with Gasteiger partial charge in [-0.3, -0.25) is 0 Å². The summed E-state index contributed by atoms with van der Waals surface area (Å²) in [5.41, 5.74) is -0.400. The van der Waals surface area contributed by atoms with Crippen molar-refractivity contribution in [3.63, 3.8) is 0 Å². The molecule has 0 spiro atoms. The first-order valence-corrected chi connectivity index (χ1v) is 7.43. The molecule has 0 saturated carbocycles. The van der Waals surface area contributed by atoms with Crippen LogP contribution in [0.5, 0.6) is 0 Å². The summed E-state index contributed by atoms with van der Waals surface area (Å²) < 4.78 is 14.0. The Balaban J connectivity index is 2.81. The van der Waals surface area contributed by atoms with Gasteiger partial charge < -0.3 is 10.4 Å². The van der Waals surface area contributed by atoms with E-state index in [0.717, 1.165) is 0 Å². The molecular weight excluding hydrogens is 319 g/mol. The molecule has 0 heterocycles. The first kappa shape index (κ1) is 15.3. The SMILES string of the molecule is CSCC(C)(O)CNc1ccc(C#N)c(Br)c1F. The van der Waals surface area contributed by atoms with Crippen molar-refractivity contribution in [2.45, 2.75) is 12.5 Å². The van der Waals surface area contributed by atoms with E-state index in [2.05, 4.69) is 21.2 Å². The lowest BCUT2D eigenvalue weighted by molar-refractivity contribution is 0.0996. The standard InChI is InChI=1S/C12H14BrFN2OS/c1-12(17,7-18-2)6-16-9-4-3-8(5-15)10(13)11(9)14/h3-4,16-17H,6-7H2,1-2H3. The normalized spacial score (nSPS) is 13.8. The molecule has 98 valence electrons. The van der Waals surface area contributed by atoms with Crippen molar-refractivity contribution in [2.24, 2.45) is 0 Å². The summed E-state index contributed by atoms with van der Waals surface area (Å²) >= 11 is 4.56. The Morgan fingerprint density at radius 3 is 2.83 bits per heavy atom. The number of nitriles is 1. The third-order valence-corrected chi connectivity index (χ3v) is 4.00. The predicted molar refractivity (Wildman–Crippen MR) is 76.3 cm³/mol. The van der Waals surface area contributed by atoms with Gasteiger partial charge in [-0.25, -0.2) is 4.39 Å². The fraction of sp³-hybridized carbons (Fsp3) is 0.417. The molecule has 6 heteroatoms. The van der Waals surface area contributed by atoms with Gasteiger partial charge in [0, 0.05) is 12.3 Å². The molecule has 0 radical (unpaired) electrons. The van der Waals surface area contributed by atoms with Crippen LogP contribution in [0.15, 0.2) is 16.6 Å². The fourth-order valence-corrected chi connectivity index (χ4v) is 2.58. The smallest absolute Gasteiger partial charge is 0.161 e. The minimum atomic E-state index is -0.910. The Morgan fingerprint density at radius 2 is 2.28 bits per heavy atom. The van der Waals surface area contributed by atoms with Gasteiger partial charge >= 0.3 is 0 Å². The number of hydrogen-bond donors (Lipinski definition) is 2. The van der Waals surface area contributed by atoms with Gasteiger partial charge in [0.05, 0.1) is 21.3 Å². The molecule has 0 aromatic heterocycles. The van der Waals surface area contributed by atoms with E-state index >= 15 is 0 Å². The quantitative estimate of drug-likeness (QED) is 0.870. The number of thioether (sulfide) groups is 1. The molecule has 3 nitrogen and oxygen atoms in total. The van der Waals surface area contributed by atoms with Gasteiger partial charge in [-0.15, -0.1) is 0 Å².